The van der Waals surface area contributed by atoms with Crippen molar-refractivity contribution in [1.82, 2.24) is 10.2 Å². The molecular weight excluding hydrogens is 248 g/mol. The molecule has 3 heteroatoms. The molecule has 1 amide bonds. The summed E-state index contributed by atoms with van der Waals surface area (Å²) in [7, 11) is 0. The molecule has 1 aliphatic heterocycles. The van der Waals surface area contributed by atoms with E-state index in [9.17, 15) is 4.79 Å². The van der Waals surface area contributed by atoms with Crippen LogP contribution in [0.1, 0.15) is 66.2 Å². The molecule has 20 heavy (non-hydrogen) atoms. The predicted molar refractivity (Wildman–Crippen MR) is 83.6 cm³/mol. The van der Waals surface area contributed by atoms with E-state index in [4.69, 9.17) is 0 Å². The Labute approximate surface area is 124 Å². The van der Waals surface area contributed by atoms with Gasteiger partial charge in [-0.05, 0) is 42.9 Å². The van der Waals surface area contributed by atoms with Crippen LogP contribution in [0.25, 0.3) is 0 Å². The Morgan fingerprint density at radius 3 is 2.20 bits per heavy atom. The lowest BCUT2D eigenvalue weighted by molar-refractivity contribution is -0.130. The van der Waals surface area contributed by atoms with Crippen LogP contribution in [0.5, 0.6) is 0 Å². The fraction of sp³-hybridized carbons (Fsp3) is 0.941. The number of amides is 1. The highest BCUT2D eigenvalue weighted by molar-refractivity contribution is 5.76. The summed E-state index contributed by atoms with van der Waals surface area (Å²) >= 11 is 0. The standard InChI is InChI=1S/C17H32N2O/c1-16(2)11-14(12-17(3,4)13-16)18-8-7-15(20)19-9-5-6-10-19/h14,18H,5-13H2,1-4H3. The van der Waals surface area contributed by atoms with Gasteiger partial charge in [0.1, 0.15) is 0 Å². The molecule has 0 spiro atoms. The predicted octanol–water partition coefficient (Wildman–Crippen LogP) is 3.19. The molecule has 2 rings (SSSR count). The molecule has 1 aliphatic carbocycles. The lowest BCUT2D eigenvalue weighted by atomic mass is 9.63. The fourth-order valence-electron chi connectivity index (χ4n) is 4.50. The van der Waals surface area contributed by atoms with Crippen molar-refractivity contribution in [1.29, 1.82) is 0 Å². The summed E-state index contributed by atoms with van der Waals surface area (Å²) in [6.07, 6.45) is 6.79. The minimum Gasteiger partial charge on any atom is -0.343 e. The number of nitrogens with one attached hydrogen (secondary N) is 1. The molecule has 116 valence electrons. The second-order valence-electron chi connectivity index (χ2n) is 8.40. The normalized spacial score (nSPS) is 25.9. The van der Waals surface area contributed by atoms with Crippen LogP contribution in [-0.4, -0.2) is 36.5 Å². The number of hydrogen-bond donors (Lipinski definition) is 1. The van der Waals surface area contributed by atoms with Crippen LogP contribution in [0, 0.1) is 10.8 Å². The minimum absolute atomic E-state index is 0.337. The molecule has 0 unspecified atom stereocenters. The van der Waals surface area contributed by atoms with Crippen molar-refractivity contribution in [2.45, 2.75) is 72.3 Å². The molecule has 1 N–H and O–H groups in total. The molecule has 0 atom stereocenters. The van der Waals surface area contributed by atoms with Crippen molar-refractivity contribution in [3.8, 4) is 0 Å². The van der Waals surface area contributed by atoms with E-state index in [1.807, 2.05) is 4.90 Å². The molecule has 3 nitrogen and oxygen atoms in total. The van der Waals surface area contributed by atoms with Gasteiger partial charge in [0.15, 0.2) is 0 Å². The van der Waals surface area contributed by atoms with Crippen molar-refractivity contribution in [3.05, 3.63) is 0 Å². The Hall–Kier alpha value is -0.570. The summed E-state index contributed by atoms with van der Waals surface area (Å²) in [4.78, 5) is 14.1. The first-order valence-corrected chi connectivity index (χ1v) is 8.29. The molecule has 0 aromatic rings. The Kier molecular flexibility index (Phi) is 4.78. The Morgan fingerprint density at radius 1 is 1.10 bits per heavy atom. The number of hydrogen-bond acceptors (Lipinski definition) is 2. The van der Waals surface area contributed by atoms with Crippen LogP contribution < -0.4 is 5.32 Å². The first-order chi connectivity index (χ1) is 9.27. The summed E-state index contributed by atoms with van der Waals surface area (Å²) in [5.74, 6) is 0.337. The van der Waals surface area contributed by atoms with E-state index in [0.717, 1.165) is 19.6 Å². The summed E-state index contributed by atoms with van der Waals surface area (Å²) < 4.78 is 0. The van der Waals surface area contributed by atoms with Gasteiger partial charge in [-0.25, -0.2) is 0 Å². The minimum atomic E-state index is 0.337. The van der Waals surface area contributed by atoms with E-state index in [2.05, 4.69) is 33.0 Å². The van der Waals surface area contributed by atoms with E-state index >= 15 is 0 Å². The molecule has 2 fully saturated rings. The van der Waals surface area contributed by atoms with Crippen LogP contribution in [0.4, 0.5) is 0 Å². The molecule has 1 saturated heterocycles. The first kappa shape index (κ1) is 15.8. The quantitative estimate of drug-likeness (QED) is 0.857. The van der Waals surface area contributed by atoms with Crippen LogP contribution in [0.2, 0.25) is 0 Å². The zero-order valence-electron chi connectivity index (χ0n) is 13.8. The largest absolute Gasteiger partial charge is 0.343 e. The van der Waals surface area contributed by atoms with Crippen LogP contribution >= 0.6 is 0 Å². The molecule has 0 aromatic heterocycles. The maximum atomic E-state index is 12.0. The lowest BCUT2D eigenvalue weighted by Gasteiger charge is -2.45. The third-order valence-corrected chi connectivity index (χ3v) is 4.79. The van der Waals surface area contributed by atoms with Crippen molar-refractivity contribution in [2.24, 2.45) is 10.8 Å². The van der Waals surface area contributed by atoms with E-state index in [1.165, 1.54) is 32.1 Å². The second-order valence-corrected chi connectivity index (χ2v) is 8.40. The summed E-state index contributed by atoms with van der Waals surface area (Å²) in [5, 5.41) is 3.64. The van der Waals surface area contributed by atoms with Gasteiger partial charge in [-0.15, -0.1) is 0 Å². The van der Waals surface area contributed by atoms with Crippen LogP contribution in [-0.2, 0) is 4.79 Å². The van der Waals surface area contributed by atoms with Gasteiger partial charge in [0.25, 0.3) is 0 Å². The van der Waals surface area contributed by atoms with Crippen LogP contribution in [0.3, 0.4) is 0 Å². The van der Waals surface area contributed by atoms with Gasteiger partial charge < -0.3 is 10.2 Å². The average Bonchev–Trinajstić information content (AvgIpc) is 2.77. The summed E-state index contributed by atoms with van der Waals surface area (Å²) in [6.45, 7) is 12.3. The monoisotopic (exact) mass is 280 g/mol. The van der Waals surface area contributed by atoms with Crippen LogP contribution in [0.15, 0.2) is 0 Å². The highest BCUT2D eigenvalue weighted by Crippen LogP contribution is 2.45. The molecule has 0 aromatic carbocycles. The van der Waals surface area contributed by atoms with Gasteiger partial charge in [0, 0.05) is 32.1 Å². The van der Waals surface area contributed by atoms with E-state index < -0.39 is 0 Å². The number of nitrogens with zero attached hydrogens (tertiary/aromatic N) is 1. The molecule has 2 aliphatic rings. The zero-order valence-corrected chi connectivity index (χ0v) is 13.8. The zero-order chi connectivity index (χ0) is 14.8. The maximum Gasteiger partial charge on any atom is 0.223 e. The van der Waals surface area contributed by atoms with Crippen molar-refractivity contribution < 1.29 is 4.79 Å². The van der Waals surface area contributed by atoms with E-state index in [1.54, 1.807) is 0 Å². The number of likely N-dealkylation sites (tertiary alicyclic amines) is 1. The Bertz CT molecular complexity index is 327. The number of rotatable bonds is 4. The Balaban J connectivity index is 1.74. The van der Waals surface area contributed by atoms with Gasteiger partial charge in [0.2, 0.25) is 5.91 Å². The fourth-order valence-corrected chi connectivity index (χ4v) is 4.50. The first-order valence-electron chi connectivity index (χ1n) is 8.29. The average molecular weight is 280 g/mol. The van der Waals surface area contributed by atoms with Gasteiger partial charge >= 0.3 is 0 Å². The molecular formula is C17H32N2O. The van der Waals surface area contributed by atoms with Crippen molar-refractivity contribution >= 4 is 5.91 Å². The van der Waals surface area contributed by atoms with Gasteiger partial charge in [0.05, 0.1) is 0 Å². The van der Waals surface area contributed by atoms with Gasteiger partial charge in [-0.3, -0.25) is 4.79 Å². The molecule has 0 bridgehead atoms. The summed E-state index contributed by atoms with van der Waals surface area (Å²) in [5.41, 5.74) is 0.830. The molecule has 0 radical (unpaired) electrons. The Morgan fingerprint density at radius 2 is 1.65 bits per heavy atom. The lowest BCUT2D eigenvalue weighted by Crippen LogP contribution is -2.44. The molecule has 1 saturated carbocycles. The maximum absolute atomic E-state index is 12.0. The highest BCUT2D eigenvalue weighted by atomic mass is 16.2. The third-order valence-electron chi connectivity index (χ3n) is 4.79. The SMILES string of the molecule is CC1(C)CC(NCCC(=O)N2CCCC2)CC(C)(C)C1. The smallest absolute Gasteiger partial charge is 0.223 e. The molecule has 1 heterocycles. The topological polar surface area (TPSA) is 32.3 Å². The third kappa shape index (κ3) is 4.47. The van der Waals surface area contributed by atoms with Gasteiger partial charge in [-0.2, -0.15) is 0 Å². The van der Waals surface area contributed by atoms with Gasteiger partial charge in [-0.1, -0.05) is 27.7 Å². The number of carbonyl (C=O) groups is 1. The van der Waals surface area contributed by atoms with Crippen molar-refractivity contribution in [3.63, 3.8) is 0 Å². The second kappa shape index (κ2) is 6.05. The summed E-state index contributed by atoms with van der Waals surface area (Å²) in [6, 6.07) is 0.570. The van der Waals surface area contributed by atoms with Crippen molar-refractivity contribution in [2.75, 3.05) is 19.6 Å². The van der Waals surface area contributed by atoms with E-state index in [0.29, 0.717) is 29.2 Å². The van der Waals surface area contributed by atoms with E-state index in [-0.39, 0.29) is 0 Å². The number of carbonyl (C=O) groups excluding carboxylic acids is 1. The highest BCUT2D eigenvalue weighted by Gasteiger charge is 2.38.